The van der Waals surface area contributed by atoms with Gasteiger partial charge < -0.3 is 15.0 Å². The summed E-state index contributed by atoms with van der Waals surface area (Å²) in [4.78, 5) is 14.4. The highest BCUT2D eigenvalue weighted by atomic mass is 16.5. The quantitative estimate of drug-likeness (QED) is 0.609. The fourth-order valence-corrected chi connectivity index (χ4v) is 5.13. The van der Waals surface area contributed by atoms with Crippen LogP contribution in [0, 0.1) is 11.3 Å². The average Bonchev–Trinajstić information content (AvgIpc) is 3.35. The fraction of sp³-hybridized carbons (Fsp3) is 0.370. The average molecular weight is 456 g/mol. The number of hydrogen-bond donors (Lipinski definition) is 1. The predicted molar refractivity (Wildman–Crippen MR) is 131 cm³/mol. The number of rotatable bonds is 4. The van der Waals surface area contributed by atoms with Gasteiger partial charge in [0, 0.05) is 35.9 Å². The van der Waals surface area contributed by atoms with Crippen LogP contribution in [0.1, 0.15) is 50.3 Å². The van der Waals surface area contributed by atoms with E-state index in [4.69, 9.17) is 4.74 Å². The van der Waals surface area contributed by atoms with Gasteiger partial charge in [0.2, 0.25) is 5.91 Å². The van der Waals surface area contributed by atoms with Crippen molar-refractivity contribution in [1.82, 2.24) is 15.1 Å². The monoisotopic (exact) mass is 455 g/mol. The van der Waals surface area contributed by atoms with E-state index < -0.39 is 0 Å². The van der Waals surface area contributed by atoms with Crippen molar-refractivity contribution in [1.29, 1.82) is 5.26 Å². The molecule has 0 spiro atoms. The number of carbonyl (C=O) groups excluding carboxylic acids is 1. The molecule has 7 nitrogen and oxygen atoms in total. The Balaban J connectivity index is 1.63. The molecule has 2 aliphatic heterocycles. The molecule has 0 saturated carbocycles. The van der Waals surface area contributed by atoms with E-state index in [0.717, 1.165) is 61.2 Å². The lowest BCUT2D eigenvalue weighted by Crippen LogP contribution is -2.40. The van der Waals surface area contributed by atoms with Crippen molar-refractivity contribution in [2.45, 2.75) is 51.6 Å². The molecule has 0 radical (unpaired) electrons. The molecule has 34 heavy (non-hydrogen) atoms. The Morgan fingerprint density at radius 3 is 2.74 bits per heavy atom. The third kappa shape index (κ3) is 4.06. The number of nitriles is 1. The second-order valence-electron chi connectivity index (χ2n) is 9.12. The molecule has 1 aromatic heterocycles. The lowest BCUT2D eigenvalue weighted by atomic mass is 9.92. The molecular formula is C27H29N5O2. The number of anilines is 1. The number of nitrogens with one attached hydrogen (secondary N) is 1. The van der Waals surface area contributed by atoms with Crippen molar-refractivity contribution in [3.05, 3.63) is 59.9 Å². The van der Waals surface area contributed by atoms with Gasteiger partial charge >= 0.3 is 0 Å². The first-order valence-electron chi connectivity index (χ1n) is 11.9. The second-order valence-corrected chi connectivity index (χ2v) is 9.12. The summed E-state index contributed by atoms with van der Waals surface area (Å²) in [6.07, 6.45) is 7.72. The number of aromatic nitrogens is 2. The molecule has 3 aromatic rings. The topological polar surface area (TPSA) is 83.2 Å². The Morgan fingerprint density at radius 1 is 1.18 bits per heavy atom. The highest BCUT2D eigenvalue weighted by Gasteiger charge is 2.30. The molecule has 1 N–H and O–H groups in total. The zero-order chi connectivity index (χ0) is 23.7. The molecule has 2 aromatic carbocycles. The zero-order valence-electron chi connectivity index (χ0n) is 19.6. The summed E-state index contributed by atoms with van der Waals surface area (Å²) in [6.45, 7) is 5.68. The molecule has 3 heterocycles. The van der Waals surface area contributed by atoms with Crippen molar-refractivity contribution < 1.29 is 9.53 Å². The smallest absolute Gasteiger partial charge is 0.224 e. The molecule has 2 aliphatic rings. The largest absolute Gasteiger partial charge is 0.455 e. The molecule has 1 atom stereocenters. The van der Waals surface area contributed by atoms with Gasteiger partial charge in [-0.3, -0.25) is 9.48 Å². The van der Waals surface area contributed by atoms with Gasteiger partial charge in [-0.05, 0) is 70.0 Å². The first-order chi connectivity index (χ1) is 16.6. The normalized spacial score (nSPS) is 18.3. The summed E-state index contributed by atoms with van der Waals surface area (Å²) in [6, 6.07) is 14.0. The molecule has 1 fully saturated rings. The molecule has 1 amide bonds. The summed E-state index contributed by atoms with van der Waals surface area (Å²) in [5.41, 5.74) is 4.24. The molecule has 1 saturated heterocycles. The van der Waals surface area contributed by atoms with Crippen LogP contribution in [-0.4, -0.2) is 34.8 Å². The highest BCUT2D eigenvalue weighted by molar-refractivity contribution is 5.95. The van der Waals surface area contributed by atoms with E-state index in [1.165, 1.54) is 0 Å². The van der Waals surface area contributed by atoms with Crippen LogP contribution in [0.15, 0.2) is 48.8 Å². The Morgan fingerprint density at radius 2 is 1.97 bits per heavy atom. The van der Waals surface area contributed by atoms with Gasteiger partial charge in [-0.2, -0.15) is 10.4 Å². The van der Waals surface area contributed by atoms with Gasteiger partial charge in [-0.1, -0.05) is 12.1 Å². The molecule has 5 rings (SSSR count). The van der Waals surface area contributed by atoms with E-state index in [9.17, 15) is 10.1 Å². The van der Waals surface area contributed by atoms with E-state index in [0.29, 0.717) is 23.1 Å². The first-order valence-corrected chi connectivity index (χ1v) is 11.9. The van der Waals surface area contributed by atoms with E-state index in [-0.39, 0.29) is 11.9 Å². The minimum Gasteiger partial charge on any atom is -0.455 e. The molecule has 0 aliphatic carbocycles. The van der Waals surface area contributed by atoms with Crippen LogP contribution < -0.4 is 15.0 Å². The van der Waals surface area contributed by atoms with Crippen LogP contribution in [0.5, 0.6) is 11.5 Å². The van der Waals surface area contributed by atoms with Crippen molar-refractivity contribution >= 4 is 11.6 Å². The van der Waals surface area contributed by atoms with Gasteiger partial charge in [0.25, 0.3) is 0 Å². The van der Waals surface area contributed by atoms with Gasteiger partial charge in [0.05, 0.1) is 23.5 Å². The Labute approximate surface area is 199 Å². The van der Waals surface area contributed by atoms with E-state index in [1.54, 1.807) is 13.0 Å². The van der Waals surface area contributed by atoms with Gasteiger partial charge in [-0.15, -0.1) is 0 Å². The predicted octanol–water partition coefficient (Wildman–Crippen LogP) is 4.83. The zero-order valence-corrected chi connectivity index (χ0v) is 19.6. The van der Waals surface area contributed by atoms with Crippen LogP contribution in [0.2, 0.25) is 0 Å². The third-order valence-electron chi connectivity index (χ3n) is 6.90. The summed E-state index contributed by atoms with van der Waals surface area (Å²) >= 11 is 0. The molecule has 7 heteroatoms. The summed E-state index contributed by atoms with van der Waals surface area (Å²) < 4.78 is 8.56. The van der Waals surface area contributed by atoms with E-state index >= 15 is 0 Å². The molecule has 0 bridgehead atoms. The van der Waals surface area contributed by atoms with Gasteiger partial charge in [0.1, 0.15) is 17.6 Å². The molecular weight excluding hydrogens is 426 g/mol. The van der Waals surface area contributed by atoms with E-state index in [2.05, 4.69) is 34.3 Å². The number of piperidine rings is 1. The van der Waals surface area contributed by atoms with Gasteiger partial charge in [0.15, 0.2) is 0 Å². The van der Waals surface area contributed by atoms with Crippen molar-refractivity contribution in [2.24, 2.45) is 0 Å². The number of para-hydroxylation sites is 1. The van der Waals surface area contributed by atoms with Crippen molar-refractivity contribution in [3.63, 3.8) is 0 Å². The Hall–Kier alpha value is -3.63. The number of amides is 1. The SMILES string of the molecule is CC(=O)N1c2ccc(-c3cnn(C4CCNCC4)c3)c(Oc3ccccc3C#N)c2CC[C@@H]1C. The summed E-state index contributed by atoms with van der Waals surface area (Å²) in [5, 5.41) is 17.7. The maximum absolute atomic E-state index is 12.5. The number of nitrogens with zero attached hydrogens (tertiary/aromatic N) is 4. The molecule has 174 valence electrons. The fourth-order valence-electron chi connectivity index (χ4n) is 5.13. The van der Waals surface area contributed by atoms with Crippen molar-refractivity contribution in [2.75, 3.05) is 18.0 Å². The number of ether oxygens (including phenoxy) is 1. The number of carbonyl (C=O) groups is 1. The Kier molecular flexibility index (Phi) is 6.08. The minimum absolute atomic E-state index is 0.0169. The number of benzene rings is 2. The minimum atomic E-state index is 0.0169. The lowest BCUT2D eigenvalue weighted by molar-refractivity contribution is -0.117. The lowest BCUT2D eigenvalue weighted by Gasteiger charge is -2.36. The van der Waals surface area contributed by atoms with Crippen LogP contribution in [-0.2, 0) is 11.2 Å². The van der Waals surface area contributed by atoms with E-state index in [1.807, 2.05) is 41.4 Å². The number of fused-ring (bicyclic) bond motifs is 1. The highest BCUT2D eigenvalue weighted by Crippen LogP contribution is 2.45. The molecule has 0 unspecified atom stereocenters. The van der Waals surface area contributed by atoms with Crippen LogP contribution >= 0.6 is 0 Å². The van der Waals surface area contributed by atoms with Crippen LogP contribution in [0.4, 0.5) is 5.69 Å². The Bertz CT molecular complexity index is 1250. The number of hydrogen-bond acceptors (Lipinski definition) is 5. The maximum Gasteiger partial charge on any atom is 0.224 e. The maximum atomic E-state index is 12.5. The van der Waals surface area contributed by atoms with Crippen molar-refractivity contribution in [3.8, 4) is 28.7 Å². The summed E-state index contributed by atoms with van der Waals surface area (Å²) in [7, 11) is 0. The first kappa shape index (κ1) is 22.2. The standard InChI is InChI=1S/C27H29N5O2/c1-18-7-8-24-25(32(18)19(2)33)10-9-23(27(24)34-26-6-4-3-5-20(26)15-28)21-16-30-31(17-21)22-11-13-29-14-12-22/h3-6,9-10,16-18,22,29H,7-8,11-14H2,1-2H3/t18-/m0/s1. The third-order valence-corrected chi connectivity index (χ3v) is 6.90. The second kappa shape index (κ2) is 9.32. The summed E-state index contributed by atoms with van der Waals surface area (Å²) in [5.74, 6) is 1.23. The van der Waals surface area contributed by atoms with Gasteiger partial charge in [-0.25, -0.2) is 0 Å². The van der Waals surface area contributed by atoms with Crippen LogP contribution in [0.25, 0.3) is 11.1 Å². The van der Waals surface area contributed by atoms with Crippen LogP contribution in [0.3, 0.4) is 0 Å².